The second kappa shape index (κ2) is 5.58. The lowest BCUT2D eigenvalue weighted by Gasteiger charge is -2.37. The minimum atomic E-state index is 0.634. The molecule has 20 heavy (non-hydrogen) atoms. The van der Waals surface area contributed by atoms with Crippen LogP contribution in [0.4, 0.5) is 0 Å². The fourth-order valence-electron chi connectivity index (χ4n) is 3.00. The van der Waals surface area contributed by atoms with Crippen LogP contribution in [0.15, 0.2) is 48.5 Å². The van der Waals surface area contributed by atoms with Crippen LogP contribution in [0.5, 0.6) is 11.5 Å². The predicted molar refractivity (Wildman–Crippen MR) is 80.7 cm³/mol. The Bertz CT molecular complexity index is 503. The first-order valence-corrected chi connectivity index (χ1v) is 7.09. The Hall–Kier alpha value is -1.96. The van der Waals surface area contributed by atoms with E-state index < -0.39 is 0 Å². The first-order valence-electron chi connectivity index (χ1n) is 7.09. The third-order valence-corrected chi connectivity index (χ3v) is 4.36. The van der Waals surface area contributed by atoms with Gasteiger partial charge in [-0.15, -0.1) is 0 Å². The molecule has 0 heterocycles. The lowest BCUT2D eigenvalue weighted by molar-refractivity contribution is 0.345. The van der Waals surface area contributed by atoms with Crippen molar-refractivity contribution in [1.29, 1.82) is 0 Å². The third-order valence-electron chi connectivity index (χ3n) is 4.36. The summed E-state index contributed by atoms with van der Waals surface area (Å²) >= 11 is 0. The molecule has 3 rings (SSSR count). The summed E-state index contributed by atoms with van der Waals surface area (Å²) in [5, 5.41) is 0. The molecule has 0 aliphatic heterocycles. The fourth-order valence-corrected chi connectivity index (χ4v) is 3.00. The number of ether oxygens (including phenoxy) is 2. The Kier molecular flexibility index (Phi) is 3.64. The molecule has 1 aliphatic rings. The van der Waals surface area contributed by atoms with Crippen molar-refractivity contribution in [2.75, 3.05) is 14.2 Å². The first-order chi connectivity index (χ1) is 9.81. The van der Waals surface area contributed by atoms with E-state index in [1.54, 1.807) is 14.2 Å². The van der Waals surface area contributed by atoms with Crippen molar-refractivity contribution in [3.8, 4) is 11.5 Å². The molecule has 0 bridgehead atoms. The van der Waals surface area contributed by atoms with Crippen LogP contribution in [-0.4, -0.2) is 14.2 Å². The quantitative estimate of drug-likeness (QED) is 0.820. The van der Waals surface area contributed by atoms with Gasteiger partial charge in [0.2, 0.25) is 0 Å². The van der Waals surface area contributed by atoms with Crippen LogP contribution in [-0.2, 0) is 0 Å². The molecule has 2 nitrogen and oxygen atoms in total. The number of hydrogen-bond donors (Lipinski definition) is 0. The van der Waals surface area contributed by atoms with Gasteiger partial charge in [-0.1, -0.05) is 24.3 Å². The van der Waals surface area contributed by atoms with E-state index in [9.17, 15) is 0 Å². The maximum atomic E-state index is 5.22. The van der Waals surface area contributed by atoms with Crippen molar-refractivity contribution in [2.24, 2.45) is 0 Å². The monoisotopic (exact) mass is 268 g/mol. The fraction of sp³-hybridized carbons (Fsp3) is 0.333. The van der Waals surface area contributed by atoms with Crippen molar-refractivity contribution < 1.29 is 9.47 Å². The normalized spacial score (nSPS) is 21.1. The van der Waals surface area contributed by atoms with Crippen molar-refractivity contribution in [3.05, 3.63) is 59.7 Å². The molecule has 0 aromatic heterocycles. The van der Waals surface area contributed by atoms with Gasteiger partial charge in [-0.05, 0) is 60.1 Å². The molecule has 0 N–H and O–H groups in total. The molecule has 2 aromatic carbocycles. The largest absolute Gasteiger partial charge is 0.497 e. The van der Waals surface area contributed by atoms with Gasteiger partial charge in [-0.25, -0.2) is 0 Å². The van der Waals surface area contributed by atoms with Crippen LogP contribution in [0.3, 0.4) is 0 Å². The van der Waals surface area contributed by atoms with Gasteiger partial charge < -0.3 is 9.47 Å². The second-order valence-electron chi connectivity index (χ2n) is 5.34. The average molecular weight is 268 g/mol. The van der Waals surface area contributed by atoms with Crippen LogP contribution < -0.4 is 9.47 Å². The summed E-state index contributed by atoms with van der Waals surface area (Å²) in [5.74, 6) is 3.12. The molecule has 1 saturated carbocycles. The number of benzene rings is 2. The van der Waals surface area contributed by atoms with Gasteiger partial charge in [0, 0.05) is 0 Å². The zero-order chi connectivity index (χ0) is 13.9. The van der Waals surface area contributed by atoms with Gasteiger partial charge in [-0.3, -0.25) is 0 Å². The average Bonchev–Trinajstić information content (AvgIpc) is 2.48. The van der Waals surface area contributed by atoms with Crippen molar-refractivity contribution in [2.45, 2.75) is 24.7 Å². The third kappa shape index (κ3) is 2.38. The molecule has 2 heteroatoms. The standard InChI is InChI=1S/C18H20O2/c1-19-15-7-3-13(4-8-15)17-11-12-18(17)14-5-9-16(20-2)10-6-14/h3-10,17-18H,11-12H2,1-2H3/t17-,18+. The number of hydrogen-bond acceptors (Lipinski definition) is 2. The van der Waals surface area contributed by atoms with E-state index in [-0.39, 0.29) is 0 Å². The van der Waals surface area contributed by atoms with Gasteiger partial charge in [-0.2, -0.15) is 0 Å². The molecular weight excluding hydrogens is 248 g/mol. The molecule has 0 unspecified atom stereocenters. The van der Waals surface area contributed by atoms with E-state index in [4.69, 9.17) is 9.47 Å². The molecule has 0 spiro atoms. The Morgan fingerprint density at radius 3 is 1.25 bits per heavy atom. The summed E-state index contributed by atoms with van der Waals surface area (Å²) in [4.78, 5) is 0. The van der Waals surface area contributed by atoms with Crippen LogP contribution in [0.2, 0.25) is 0 Å². The van der Waals surface area contributed by atoms with Crippen molar-refractivity contribution in [3.63, 3.8) is 0 Å². The summed E-state index contributed by atoms with van der Waals surface area (Å²) in [5.41, 5.74) is 2.83. The van der Waals surface area contributed by atoms with Crippen LogP contribution in [0.1, 0.15) is 35.8 Å². The predicted octanol–water partition coefficient (Wildman–Crippen LogP) is 4.37. The minimum absolute atomic E-state index is 0.634. The smallest absolute Gasteiger partial charge is 0.118 e. The molecule has 1 fully saturated rings. The van der Waals surface area contributed by atoms with Crippen molar-refractivity contribution in [1.82, 2.24) is 0 Å². The van der Waals surface area contributed by atoms with Crippen LogP contribution >= 0.6 is 0 Å². The minimum Gasteiger partial charge on any atom is -0.497 e. The second-order valence-corrected chi connectivity index (χ2v) is 5.34. The van der Waals surface area contributed by atoms with E-state index in [0.29, 0.717) is 11.8 Å². The number of methoxy groups -OCH3 is 2. The van der Waals surface area contributed by atoms with E-state index in [1.165, 1.54) is 24.0 Å². The molecule has 0 saturated heterocycles. The van der Waals surface area contributed by atoms with E-state index in [1.807, 2.05) is 0 Å². The van der Waals surface area contributed by atoms with Gasteiger partial charge in [0.15, 0.2) is 0 Å². The lowest BCUT2D eigenvalue weighted by atomic mass is 9.67. The summed E-state index contributed by atoms with van der Waals surface area (Å²) in [7, 11) is 3.41. The summed E-state index contributed by atoms with van der Waals surface area (Å²) < 4.78 is 10.4. The topological polar surface area (TPSA) is 18.5 Å². The highest BCUT2D eigenvalue weighted by atomic mass is 16.5. The summed E-state index contributed by atoms with van der Waals surface area (Å²) in [6, 6.07) is 17.0. The summed E-state index contributed by atoms with van der Waals surface area (Å²) in [6.07, 6.45) is 2.53. The van der Waals surface area contributed by atoms with E-state index in [0.717, 1.165) is 11.5 Å². The molecular formula is C18H20O2. The molecule has 104 valence electrons. The zero-order valence-corrected chi connectivity index (χ0v) is 12.0. The van der Waals surface area contributed by atoms with Crippen LogP contribution in [0, 0.1) is 0 Å². The number of rotatable bonds is 4. The Morgan fingerprint density at radius 1 is 0.650 bits per heavy atom. The Morgan fingerprint density at radius 2 is 1.00 bits per heavy atom. The summed E-state index contributed by atoms with van der Waals surface area (Å²) in [6.45, 7) is 0. The molecule has 0 radical (unpaired) electrons. The van der Waals surface area contributed by atoms with Gasteiger partial charge in [0.25, 0.3) is 0 Å². The van der Waals surface area contributed by atoms with Gasteiger partial charge in [0.1, 0.15) is 11.5 Å². The lowest BCUT2D eigenvalue weighted by Crippen LogP contribution is -2.21. The maximum Gasteiger partial charge on any atom is 0.118 e. The highest BCUT2D eigenvalue weighted by molar-refractivity contribution is 5.37. The maximum absolute atomic E-state index is 5.22. The van der Waals surface area contributed by atoms with E-state index >= 15 is 0 Å². The van der Waals surface area contributed by atoms with E-state index in [2.05, 4.69) is 48.5 Å². The highest BCUT2D eigenvalue weighted by Gasteiger charge is 2.33. The molecule has 0 amide bonds. The zero-order valence-electron chi connectivity index (χ0n) is 12.0. The molecule has 2 atom stereocenters. The first kappa shape index (κ1) is 13.0. The highest BCUT2D eigenvalue weighted by Crippen LogP contribution is 2.49. The Labute approximate surface area is 120 Å². The SMILES string of the molecule is COc1ccc([C@H]2CC[C@H]2c2ccc(OC)cc2)cc1. The molecule has 2 aromatic rings. The molecule has 1 aliphatic carbocycles. The van der Waals surface area contributed by atoms with Crippen LogP contribution in [0.25, 0.3) is 0 Å². The van der Waals surface area contributed by atoms with Crippen molar-refractivity contribution >= 4 is 0 Å². The van der Waals surface area contributed by atoms with Gasteiger partial charge in [0.05, 0.1) is 14.2 Å². The Balaban J connectivity index is 1.77. The van der Waals surface area contributed by atoms with Gasteiger partial charge >= 0.3 is 0 Å².